The maximum Gasteiger partial charge on any atom is 0.394 e. The van der Waals surface area contributed by atoms with E-state index >= 15 is 0 Å². The van der Waals surface area contributed by atoms with Crippen molar-refractivity contribution in [3.63, 3.8) is 0 Å². The van der Waals surface area contributed by atoms with Gasteiger partial charge in [0.1, 0.15) is 0 Å². The molecule has 12 nitrogen and oxygen atoms in total. The highest BCUT2D eigenvalue weighted by atomic mass is 32.3. The van der Waals surface area contributed by atoms with Gasteiger partial charge in [-0.1, -0.05) is 0 Å². The second kappa shape index (κ2) is 17.1. The zero-order chi connectivity index (χ0) is 8.08. The van der Waals surface area contributed by atoms with Gasteiger partial charge in [0.05, 0.1) is 0 Å². The van der Waals surface area contributed by atoms with Gasteiger partial charge in [-0.3, -0.25) is 9.11 Å². The van der Waals surface area contributed by atoms with Crippen molar-refractivity contribution in [3.8, 4) is 0 Å². The van der Waals surface area contributed by atoms with Crippen molar-refractivity contribution in [1.82, 2.24) is 18.5 Å². The molecule has 0 aliphatic heterocycles. The van der Waals surface area contributed by atoms with Gasteiger partial charge in [-0.2, -0.15) is 8.42 Å². The van der Waals surface area contributed by atoms with E-state index in [1.165, 1.54) is 0 Å². The van der Waals surface area contributed by atoms with Crippen molar-refractivity contribution in [1.29, 1.82) is 0 Å². The van der Waals surface area contributed by atoms with Crippen molar-refractivity contribution in [3.05, 3.63) is 10.1 Å². The predicted octanol–water partition coefficient (Wildman–Crippen LogP) is -1.34. The Morgan fingerprint density at radius 1 is 1.08 bits per heavy atom. The molecule has 0 aromatic heterocycles. The van der Waals surface area contributed by atoms with Crippen LogP contribution in [0.2, 0.25) is 0 Å². The van der Waals surface area contributed by atoms with Crippen LogP contribution in [0.4, 0.5) is 0 Å². The molecule has 0 fully saturated rings. The molecule has 0 aliphatic rings. The number of hydrogen-bond donors (Lipinski definition) is 6. The van der Waals surface area contributed by atoms with E-state index in [1.807, 2.05) is 0 Å². The van der Waals surface area contributed by atoms with Crippen LogP contribution in [-0.2, 0) is 10.4 Å². The Hall–Kier alpha value is -1.09. The third-order valence-electron chi connectivity index (χ3n) is 0. The molecule has 0 unspecified atom stereocenters. The van der Waals surface area contributed by atoms with Crippen molar-refractivity contribution < 1.29 is 33.3 Å². The zero-order valence-electron chi connectivity index (χ0n) is 6.45. The Bertz CT molecular complexity index is 159. The van der Waals surface area contributed by atoms with Gasteiger partial charge < -0.3 is 29.1 Å². The molecule has 0 saturated carbocycles. The van der Waals surface area contributed by atoms with Crippen molar-refractivity contribution in [2.24, 2.45) is 0 Å². The Kier molecular flexibility index (Phi) is 53.5. The summed E-state index contributed by atoms with van der Waals surface area (Å²) < 4.78 is 31.6. The van der Waals surface area contributed by atoms with Gasteiger partial charge in [-0.25, -0.2) is 0 Å². The Labute approximate surface area is 73.3 Å². The molecule has 0 aromatic carbocycles. The molecular formula is H14N4O8S. The minimum atomic E-state index is -4.67. The lowest BCUT2D eigenvalue weighted by molar-refractivity contribution is -0.742. The molecule has 13 heteroatoms. The number of nitrogens with zero attached hydrogens (tertiary/aromatic N) is 1. The first-order valence-electron chi connectivity index (χ1n) is 1.26. The van der Waals surface area contributed by atoms with Gasteiger partial charge in [-0.15, -0.1) is 10.1 Å². The lowest BCUT2D eigenvalue weighted by Crippen LogP contribution is -1.89. The highest BCUT2D eigenvalue weighted by Gasteiger charge is 1.84. The monoisotopic (exact) mass is 230 g/mol. The summed E-state index contributed by atoms with van der Waals surface area (Å²) in [4.78, 5) is 8.36. The smallest absolute Gasteiger partial charge is 0.394 e. The van der Waals surface area contributed by atoms with Crippen LogP contribution in [0, 0.1) is 10.1 Å². The second-order valence-electron chi connectivity index (χ2n) is 0.686. The topological polar surface area (TPSA) is 274 Å². The molecule has 0 aliphatic carbocycles. The molecule has 0 amide bonds. The summed E-state index contributed by atoms with van der Waals surface area (Å²) in [6.45, 7) is 0. The minimum Gasteiger partial charge on any atom is -0.412 e. The van der Waals surface area contributed by atoms with E-state index in [1.54, 1.807) is 0 Å². The average molecular weight is 230 g/mol. The first-order valence-corrected chi connectivity index (χ1v) is 2.66. The molecule has 0 aromatic rings. The van der Waals surface area contributed by atoms with Crippen LogP contribution in [0.15, 0.2) is 0 Å². The van der Waals surface area contributed by atoms with E-state index in [9.17, 15) is 0 Å². The summed E-state index contributed by atoms with van der Waals surface area (Å²) in [5.74, 6) is 0. The third-order valence-corrected chi connectivity index (χ3v) is 0. The Balaban J connectivity index is -0.0000000146. The Morgan fingerprint density at radius 3 is 1.08 bits per heavy atom. The van der Waals surface area contributed by atoms with Crippen LogP contribution in [0.3, 0.4) is 0 Å². The van der Waals surface area contributed by atoms with Crippen molar-refractivity contribution >= 4 is 10.4 Å². The summed E-state index contributed by atoms with van der Waals surface area (Å²) in [5, 5.41) is 13.6. The molecule has 0 heterocycles. The molecule has 0 rings (SSSR count). The summed E-state index contributed by atoms with van der Waals surface area (Å²) in [6.07, 6.45) is 0. The summed E-state index contributed by atoms with van der Waals surface area (Å²) in [5.41, 5.74) is 0. The van der Waals surface area contributed by atoms with E-state index in [0.717, 1.165) is 0 Å². The molecule has 0 spiro atoms. The highest BCUT2D eigenvalue weighted by molar-refractivity contribution is 7.79. The van der Waals surface area contributed by atoms with Crippen molar-refractivity contribution in [2.75, 3.05) is 0 Å². The van der Waals surface area contributed by atoms with E-state index < -0.39 is 15.5 Å². The molecule has 0 radical (unpaired) electrons. The molecule has 14 N–H and O–H groups in total. The molecule has 0 bridgehead atoms. The van der Waals surface area contributed by atoms with Crippen LogP contribution < -0.4 is 18.5 Å². The SMILES string of the molecule is N.N.N.O.O=S(=O)(O)O.O=[N+]([O-])O. The molecule has 13 heavy (non-hydrogen) atoms. The van der Waals surface area contributed by atoms with Crippen LogP contribution >= 0.6 is 0 Å². The number of hydrogen-bond acceptors (Lipinski definition) is 7. The fourth-order valence-corrected chi connectivity index (χ4v) is 0. The van der Waals surface area contributed by atoms with Gasteiger partial charge in [0, 0.05) is 0 Å². The first-order chi connectivity index (χ1) is 3.73. The van der Waals surface area contributed by atoms with E-state index in [-0.39, 0.29) is 23.9 Å². The molecule has 0 atom stereocenters. The summed E-state index contributed by atoms with van der Waals surface area (Å²) in [7, 11) is -4.67. The van der Waals surface area contributed by atoms with E-state index in [2.05, 4.69) is 0 Å². The quantitative estimate of drug-likeness (QED) is 0.161. The summed E-state index contributed by atoms with van der Waals surface area (Å²) >= 11 is 0. The van der Waals surface area contributed by atoms with E-state index in [0.29, 0.717) is 0 Å². The van der Waals surface area contributed by atoms with Gasteiger partial charge in [-0.05, 0) is 0 Å². The Morgan fingerprint density at radius 2 is 1.08 bits per heavy atom. The lowest BCUT2D eigenvalue weighted by Gasteiger charge is -1.68. The molecular weight excluding hydrogens is 216 g/mol. The van der Waals surface area contributed by atoms with Crippen LogP contribution in [-0.4, -0.2) is 33.3 Å². The van der Waals surface area contributed by atoms with Gasteiger partial charge in [0.15, 0.2) is 0 Å². The zero-order valence-corrected chi connectivity index (χ0v) is 7.27. The standard InChI is InChI=1S/HNO3.3H3N.H2O4S.H2O/c2-1(3)4;;;;1-5(2,3)4;/h(H,2,3,4);3*1H3;(H2,1,2,3,4);1H2. The number of rotatable bonds is 0. The van der Waals surface area contributed by atoms with Crippen LogP contribution in [0.25, 0.3) is 0 Å². The van der Waals surface area contributed by atoms with Crippen molar-refractivity contribution in [2.45, 2.75) is 0 Å². The fraction of sp³-hybridized carbons (Fsp3) is 0. The fourth-order valence-electron chi connectivity index (χ4n) is 0. The summed E-state index contributed by atoms with van der Waals surface area (Å²) in [6, 6.07) is 0. The van der Waals surface area contributed by atoms with Crippen LogP contribution in [0.1, 0.15) is 0 Å². The molecule has 0 saturated heterocycles. The first kappa shape index (κ1) is 40.6. The normalized spacial score (nSPS) is 6.31. The van der Waals surface area contributed by atoms with Gasteiger partial charge in [0.25, 0.3) is 5.09 Å². The van der Waals surface area contributed by atoms with Gasteiger partial charge in [0.2, 0.25) is 0 Å². The second-order valence-corrected chi connectivity index (χ2v) is 1.58. The van der Waals surface area contributed by atoms with E-state index in [4.69, 9.17) is 32.8 Å². The molecule has 88 valence electrons. The highest BCUT2D eigenvalue weighted by Crippen LogP contribution is 1.59. The van der Waals surface area contributed by atoms with Crippen LogP contribution in [0.5, 0.6) is 0 Å². The average Bonchev–Trinajstić information content (AvgIpc) is 1.19. The largest absolute Gasteiger partial charge is 0.412 e. The predicted molar refractivity (Wildman–Crippen MR) is 41.6 cm³/mol. The maximum atomic E-state index is 8.74. The lowest BCUT2D eigenvalue weighted by atomic mass is 13.1. The van der Waals surface area contributed by atoms with Gasteiger partial charge >= 0.3 is 10.4 Å². The minimum absolute atomic E-state index is 0. The maximum absolute atomic E-state index is 8.74. The third kappa shape index (κ3) is 729.